The van der Waals surface area contributed by atoms with Gasteiger partial charge in [0.15, 0.2) is 0 Å². The zero-order valence-corrected chi connectivity index (χ0v) is 11.1. The first-order valence-electron chi connectivity index (χ1n) is 6.11. The van der Waals surface area contributed by atoms with Gasteiger partial charge < -0.3 is 4.98 Å². The van der Waals surface area contributed by atoms with Crippen LogP contribution in [0.15, 0.2) is 55.1 Å². The average Bonchev–Trinajstić information content (AvgIpc) is 2.93. The highest BCUT2D eigenvalue weighted by Gasteiger charge is 1.86. The number of aryl methyl sites for hydroxylation is 1. The van der Waals surface area contributed by atoms with Crippen molar-refractivity contribution in [1.29, 1.82) is 0 Å². The van der Waals surface area contributed by atoms with Crippen LogP contribution in [0.25, 0.3) is 10.9 Å². The quantitative estimate of drug-likeness (QED) is 0.646. The number of fused-ring (bicyclic) bond motifs is 1. The highest BCUT2D eigenvalue weighted by molar-refractivity contribution is 5.77. The van der Waals surface area contributed by atoms with Gasteiger partial charge >= 0.3 is 0 Å². The minimum atomic E-state index is 1.06. The van der Waals surface area contributed by atoms with Crippen LogP contribution in [0.4, 0.5) is 0 Å². The van der Waals surface area contributed by atoms with Gasteiger partial charge in [0.2, 0.25) is 0 Å². The van der Waals surface area contributed by atoms with E-state index in [0.717, 1.165) is 11.2 Å². The van der Waals surface area contributed by atoms with Crippen molar-refractivity contribution in [3.63, 3.8) is 0 Å². The summed E-state index contributed by atoms with van der Waals surface area (Å²) in [6.07, 6.45) is 5.25. The number of benzene rings is 1. The molecule has 1 aromatic carbocycles. The van der Waals surface area contributed by atoms with E-state index in [1.807, 2.05) is 51.2 Å². The van der Waals surface area contributed by atoms with Crippen molar-refractivity contribution in [3.8, 4) is 0 Å². The number of pyridine rings is 1. The summed E-state index contributed by atoms with van der Waals surface area (Å²) in [5.41, 5.74) is 2.17. The molecule has 1 N–H and O–H groups in total. The summed E-state index contributed by atoms with van der Waals surface area (Å²) in [4.78, 5) is 10.8. The third kappa shape index (κ3) is 4.37. The van der Waals surface area contributed by atoms with Crippen molar-refractivity contribution in [3.05, 3.63) is 60.8 Å². The summed E-state index contributed by atoms with van der Waals surface area (Å²) in [7, 11) is 0. The Morgan fingerprint density at radius 3 is 2.28 bits per heavy atom. The molecule has 2 heterocycles. The number of H-pyrrole nitrogens is 1. The number of imidazole rings is 1. The largest absolute Gasteiger partial charge is 0.349 e. The van der Waals surface area contributed by atoms with Crippen molar-refractivity contribution in [2.75, 3.05) is 0 Å². The first-order chi connectivity index (χ1) is 8.86. The van der Waals surface area contributed by atoms with E-state index in [1.54, 1.807) is 12.5 Å². The van der Waals surface area contributed by atoms with Gasteiger partial charge in [0, 0.05) is 23.5 Å². The SMILES string of the molecule is CC.Cc1cnc[nH]1.c1ccc2ncccc2c1. The molecule has 2 aromatic heterocycles. The lowest BCUT2D eigenvalue weighted by Gasteiger charge is -1.91. The second kappa shape index (κ2) is 8.01. The first-order valence-corrected chi connectivity index (χ1v) is 6.11. The van der Waals surface area contributed by atoms with Gasteiger partial charge in [0.25, 0.3) is 0 Å². The molecule has 0 bridgehead atoms. The molecule has 3 aromatic rings. The first kappa shape index (κ1) is 13.9. The van der Waals surface area contributed by atoms with Crippen LogP contribution in [-0.2, 0) is 0 Å². The van der Waals surface area contributed by atoms with E-state index in [0.29, 0.717) is 0 Å². The number of hydrogen-bond acceptors (Lipinski definition) is 2. The van der Waals surface area contributed by atoms with E-state index in [4.69, 9.17) is 0 Å². The molecule has 0 aliphatic rings. The van der Waals surface area contributed by atoms with Crippen LogP contribution in [0.5, 0.6) is 0 Å². The fourth-order valence-corrected chi connectivity index (χ4v) is 1.34. The Kier molecular flexibility index (Phi) is 6.19. The third-order valence-electron chi connectivity index (χ3n) is 2.15. The van der Waals surface area contributed by atoms with Gasteiger partial charge in [-0.25, -0.2) is 4.98 Å². The fraction of sp³-hybridized carbons (Fsp3) is 0.200. The van der Waals surface area contributed by atoms with Crippen LogP contribution < -0.4 is 0 Å². The smallest absolute Gasteiger partial charge is 0.0921 e. The van der Waals surface area contributed by atoms with Crippen molar-refractivity contribution in [2.24, 2.45) is 0 Å². The van der Waals surface area contributed by atoms with Crippen LogP contribution in [-0.4, -0.2) is 15.0 Å². The maximum atomic E-state index is 4.18. The Balaban J connectivity index is 0.000000174. The number of nitrogens with one attached hydrogen (secondary N) is 1. The van der Waals surface area contributed by atoms with E-state index in [-0.39, 0.29) is 0 Å². The number of aromatic nitrogens is 3. The molecule has 18 heavy (non-hydrogen) atoms. The maximum Gasteiger partial charge on any atom is 0.0921 e. The predicted octanol–water partition coefficient (Wildman–Crippen LogP) is 3.98. The summed E-state index contributed by atoms with van der Waals surface area (Å²) < 4.78 is 0. The van der Waals surface area contributed by atoms with E-state index in [9.17, 15) is 0 Å². The lowest BCUT2D eigenvalue weighted by Crippen LogP contribution is -1.73. The Morgan fingerprint density at radius 1 is 1.00 bits per heavy atom. The van der Waals surface area contributed by atoms with Gasteiger partial charge in [-0.1, -0.05) is 38.1 Å². The lowest BCUT2D eigenvalue weighted by molar-refractivity contribution is 1.25. The normalized spacial score (nSPS) is 8.83. The third-order valence-corrected chi connectivity index (χ3v) is 2.15. The molecule has 0 radical (unpaired) electrons. The fourth-order valence-electron chi connectivity index (χ4n) is 1.34. The maximum absolute atomic E-state index is 4.18. The average molecular weight is 241 g/mol. The summed E-state index contributed by atoms with van der Waals surface area (Å²) in [5, 5.41) is 1.20. The standard InChI is InChI=1S/C9H7N.C4H6N2.C2H6/c1-2-6-9-8(4-1)5-3-7-10-9;1-4-2-5-3-6-4;1-2/h1-7H;2-3H,1H3,(H,5,6);1-2H3. The molecule has 0 fully saturated rings. The number of aromatic amines is 1. The van der Waals surface area contributed by atoms with Crippen LogP contribution in [0.1, 0.15) is 19.5 Å². The van der Waals surface area contributed by atoms with Crippen LogP contribution in [0.2, 0.25) is 0 Å². The van der Waals surface area contributed by atoms with E-state index in [2.05, 4.69) is 27.1 Å². The molecule has 3 nitrogen and oxygen atoms in total. The molecule has 0 saturated carbocycles. The summed E-state index contributed by atoms with van der Waals surface area (Å²) in [6, 6.07) is 12.1. The van der Waals surface area contributed by atoms with E-state index < -0.39 is 0 Å². The monoisotopic (exact) mass is 241 g/mol. The minimum absolute atomic E-state index is 1.06. The molecule has 94 valence electrons. The molecule has 0 amide bonds. The highest BCUT2D eigenvalue weighted by Crippen LogP contribution is 2.07. The molecule has 0 spiro atoms. The van der Waals surface area contributed by atoms with Gasteiger partial charge in [0.1, 0.15) is 0 Å². The van der Waals surface area contributed by atoms with Crippen molar-refractivity contribution < 1.29 is 0 Å². The van der Waals surface area contributed by atoms with Crippen LogP contribution in [0, 0.1) is 6.92 Å². The van der Waals surface area contributed by atoms with Gasteiger partial charge in [0.05, 0.1) is 11.8 Å². The summed E-state index contributed by atoms with van der Waals surface area (Å²) in [6.45, 7) is 5.97. The van der Waals surface area contributed by atoms with E-state index >= 15 is 0 Å². The van der Waals surface area contributed by atoms with Crippen molar-refractivity contribution in [2.45, 2.75) is 20.8 Å². The Bertz CT molecular complexity index is 479. The second-order valence-electron chi connectivity index (χ2n) is 3.43. The molecular formula is C15H19N3. The van der Waals surface area contributed by atoms with Gasteiger partial charge in [-0.3, -0.25) is 4.98 Å². The van der Waals surface area contributed by atoms with Crippen molar-refractivity contribution >= 4 is 10.9 Å². The molecule has 0 aliphatic carbocycles. The highest BCUT2D eigenvalue weighted by atomic mass is 14.8. The topological polar surface area (TPSA) is 41.6 Å². The Hall–Kier alpha value is -2.16. The molecular weight excluding hydrogens is 222 g/mol. The number of para-hydroxylation sites is 1. The van der Waals surface area contributed by atoms with Crippen molar-refractivity contribution in [1.82, 2.24) is 15.0 Å². The molecule has 0 saturated heterocycles. The van der Waals surface area contributed by atoms with Gasteiger partial charge in [-0.05, 0) is 19.1 Å². The molecule has 3 heteroatoms. The lowest BCUT2D eigenvalue weighted by atomic mass is 10.2. The number of rotatable bonds is 0. The second-order valence-corrected chi connectivity index (χ2v) is 3.43. The van der Waals surface area contributed by atoms with Crippen LogP contribution in [0.3, 0.4) is 0 Å². The number of hydrogen-bond donors (Lipinski definition) is 1. The van der Waals surface area contributed by atoms with Gasteiger partial charge in [-0.15, -0.1) is 0 Å². The zero-order chi connectivity index (χ0) is 13.2. The predicted molar refractivity (Wildman–Crippen MR) is 76.4 cm³/mol. The minimum Gasteiger partial charge on any atom is -0.349 e. The Morgan fingerprint density at radius 2 is 1.72 bits per heavy atom. The molecule has 3 rings (SSSR count). The summed E-state index contributed by atoms with van der Waals surface area (Å²) >= 11 is 0. The Labute approximate surface area is 108 Å². The molecule has 0 atom stereocenters. The van der Waals surface area contributed by atoms with Gasteiger partial charge in [-0.2, -0.15) is 0 Å². The van der Waals surface area contributed by atoms with Crippen LogP contribution >= 0.6 is 0 Å². The number of nitrogens with zero attached hydrogens (tertiary/aromatic N) is 2. The van der Waals surface area contributed by atoms with E-state index in [1.165, 1.54) is 5.39 Å². The molecule has 0 unspecified atom stereocenters. The summed E-state index contributed by atoms with van der Waals surface area (Å²) in [5.74, 6) is 0. The molecule has 0 aliphatic heterocycles. The zero-order valence-electron chi connectivity index (χ0n) is 11.1.